The van der Waals surface area contributed by atoms with Crippen LogP contribution in [0.5, 0.6) is 5.75 Å². The normalized spacial score (nSPS) is 16.9. The number of nitrogens with zero attached hydrogens (tertiary/aromatic N) is 2. The van der Waals surface area contributed by atoms with Gasteiger partial charge in [0.25, 0.3) is 17.4 Å². The Morgan fingerprint density at radius 1 is 1.08 bits per heavy atom. The number of hydrogen-bond donors (Lipinski definition) is 2. The molecule has 1 amide bonds. The Labute approximate surface area is 211 Å². The minimum absolute atomic E-state index is 0.116. The minimum Gasteiger partial charge on any atom is -0.507 e. The van der Waals surface area contributed by atoms with E-state index in [0.29, 0.717) is 23.3 Å². The number of carbonyl (C=O) groups is 2. The molecule has 1 aromatic heterocycles. The van der Waals surface area contributed by atoms with Gasteiger partial charge < -0.3 is 19.7 Å². The fraction of sp³-hybridized carbons (Fsp3) is 0.143. The van der Waals surface area contributed by atoms with Crippen molar-refractivity contribution in [1.82, 2.24) is 9.88 Å². The third-order valence-electron chi connectivity index (χ3n) is 6.60. The summed E-state index contributed by atoms with van der Waals surface area (Å²) in [6.45, 7) is 0.166. The molecule has 37 heavy (non-hydrogen) atoms. The minimum atomic E-state index is -0.993. The summed E-state index contributed by atoms with van der Waals surface area (Å²) < 4.78 is 5.16. The maximum atomic E-state index is 13.3. The number of aliphatic hydroxyl groups is 1. The number of rotatable bonds is 7. The third-order valence-corrected chi connectivity index (χ3v) is 6.60. The highest BCUT2D eigenvalue weighted by atomic mass is 16.6. The number of para-hydroxylation sites is 1. The Morgan fingerprint density at radius 3 is 2.57 bits per heavy atom. The lowest BCUT2D eigenvalue weighted by atomic mass is 9.95. The van der Waals surface area contributed by atoms with Crippen molar-refractivity contribution < 1.29 is 24.4 Å². The number of aliphatic hydroxyl groups excluding tert-OH is 1. The topological polar surface area (TPSA) is 126 Å². The van der Waals surface area contributed by atoms with Gasteiger partial charge in [-0.3, -0.25) is 19.7 Å². The monoisotopic (exact) mass is 497 g/mol. The van der Waals surface area contributed by atoms with Gasteiger partial charge in [-0.15, -0.1) is 0 Å². The second-order valence-corrected chi connectivity index (χ2v) is 8.68. The number of non-ortho nitro benzene ring substituents is 1. The lowest BCUT2D eigenvalue weighted by molar-refractivity contribution is -0.384. The van der Waals surface area contributed by atoms with E-state index in [1.54, 1.807) is 30.3 Å². The average molecular weight is 498 g/mol. The molecule has 0 bridgehead atoms. The fourth-order valence-electron chi connectivity index (χ4n) is 4.75. The van der Waals surface area contributed by atoms with Crippen LogP contribution in [0.4, 0.5) is 5.69 Å². The van der Waals surface area contributed by atoms with E-state index in [9.17, 15) is 24.8 Å². The molecule has 5 rings (SSSR count). The molecule has 0 radical (unpaired) electrons. The molecule has 0 aliphatic carbocycles. The number of methoxy groups -OCH3 is 1. The van der Waals surface area contributed by atoms with Crippen LogP contribution in [0, 0.1) is 10.1 Å². The number of ketones is 1. The SMILES string of the molecule is COc1ccc(C(O)=C2C(=O)C(=O)N(CCc3c[nH]c4ccccc34)[C@H]2c2cccc([N+](=O)[O-])c2)cc1. The van der Waals surface area contributed by atoms with Gasteiger partial charge in [0.15, 0.2) is 0 Å². The zero-order chi connectivity index (χ0) is 26.1. The van der Waals surface area contributed by atoms with Crippen molar-refractivity contribution in [2.75, 3.05) is 13.7 Å². The molecule has 1 atom stereocenters. The van der Waals surface area contributed by atoms with Crippen LogP contribution in [-0.4, -0.2) is 45.3 Å². The Balaban J connectivity index is 1.59. The molecule has 0 unspecified atom stereocenters. The first-order chi connectivity index (χ1) is 17.9. The number of Topliss-reactive ketones (excluding diaryl/α,β-unsaturated/α-hetero) is 1. The van der Waals surface area contributed by atoms with Gasteiger partial charge in [-0.05, 0) is 47.9 Å². The van der Waals surface area contributed by atoms with Crippen LogP contribution in [0.25, 0.3) is 16.7 Å². The van der Waals surface area contributed by atoms with Crippen LogP contribution in [0.1, 0.15) is 22.7 Å². The van der Waals surface area contributed by atoms with Gasteiger partial charge in [-0.25, -0.2) is 0 Å². The zero-order valence-electron chi connectivity index (χ0n) is 19.9. The summed E-state index contributed by atoms with van der Waals surface area (Å²) in [7, 11) is 1.51. The molecule has 9 nitrogen and oxygen atoms in total. The van der Waals surface area contributed by atoms with Crippen molar-refractivity contribution in [3.63, 3.8) is 0 Å². The second kappa shape index (κ2) is 9.62. The molecule has 1 fully saturated rings. The fourth-order valence-corrected chi connectivity index (χ4v) is 4.75. The predicted octanol–water partition coefficient (Wildman–Crippen LogP) is 4.75. The molecule has 4 aromatic rings. The lowest BCUT2D eigenvalue weighted by Gasteiger charge is -2.25. The van der Waals surface area contributed by atoms with Crippen LogP contribution in [-0.2, 0) is 16.0 Å². The maximum Gasteiger partial charge on any atom is 0.295 e. The first-order valence-electron chi connectivity index (χ1n) is 11.6. The summed E-state index contributed by atoms with van der Waals surface area (Å²) in [5.41, 5.74) is 2.31. The molecule has 186 valence electrons. The van der Waals surface area contributed by atoms with E-state index < -0.39 is 22.7 Å². The van der Waals surface area contributed by atoms with Gasteiger partial charge in [0.05, 0.1) is 23.6 Å². The summed E-state index contributed by atoms with van der Waals surface area (Å²) in [5.74, 6) is -1.41. The number of carbonyl (C=O) groups excluding carboxylic acids is 2. The number of benzene rings is 3. The molecule has 3 aromatic carbocycles. The largest absolute Gasteiger partial charge is 0.507 e. The summed E-state index contributed by atoms with van der Waals surface area (Å²) >= 11 is 0. The van der Waals surface area contributed by atoms with Crippen molar-refractivity contribution in [3.8, 4) is 5.75 Å². The van der Waals surface area contributed by atoms with Gasteiger partial charge in [-0.2, -0.15) is 0 Å². The number of ether oxygens (including phenoxy) is 1. The molecule has 1 saturated heterocycles. The van der Waals surface area contributed by atoms with Gasteiger partial charge in [0.2, 0.25) is 0 Å². The Bertz CT molecular complexity index is 1550. The average Bonchev–Trinajstić information content (AvgIpc) is 3.45. The molecule has 0 spiro atoms. The van der Waals surface area contributed by atoms with Crippen LogP contribution in [0.2, 0.25) is 0 Å². The zero-order valence-corrected chi connectivity index (χ0v) is 19.9. The van der Waals surface area contributed by atoms with Crippen molar-refractivity contribution in [2.24, 2.45) is 0 Å². The van der Waals surface area contributed by atoms with Crippen molar-refractivity contribution >= 4 is 34.0 Å². The number of nitro groups is 1. The lowest BCUT2D eigenvalue weighted by Crippen LogP contribution is -2.31. The highest BCUT2D eigenvalue weighted by molar-refractivity contribution is 6.46. The van der Waals surface area contributed by atoms with Gasteiger partial charge >= 0.3 is 0 Å². The number of likely N-dealkylation sites (tertiary alicyclic amines) is 1. The van der Waals surface area contributed by atoms with E-state index >= 15 is 0 Å². The molecule has 2 N–H and O–H groups in total. The Hall–Kier alpha value is -4.92. The van der Waals surface area contributed by atoms with Crippen molar-refractivity contribution in [3.05, 3.63) is 111 Å². The van der Waals surface area contributed by atoms with E-state index in [1.807, 2.05) is 30.5 Å². The van der Waals surface area contributed by atoms with Crippen molar-refractivity contribution in [1.29, 1.82) is 0 Å². The number of H-pyrrole nitrogens is 1. The van der Waals surface area contributed by atoms with E-state index in [0.717, 1.165) is 16.5 Å². The molecule has 0 saturated carbocycles. The van der Waals surface area contributed by atoms with E-state index in [1.165, 1.54) is 30.2 Å². The summed E-state index contributed by atoms with van der Waals surface area (Å²) in [5, 5.41) is 23.7. The maximum absolute atomic E-state index is 13.3. The number of aromatic amines is 1. The van der Waals surface area contributed by atoms with Crippen molar-refractivity contribution in [2.45, 2.75) is 12.5 Å². The Kier molecular flexibility index (Phi) is 6.19. The number of nitrogens with one attached hydrogen (secondary N) is 1. The van der Waals surface area contributed by atoms with Gasteiger partial charge in [0, 0.05) is 41.3 Å². The standard InChI is InChI=1S/C28H23N3O6/c1-37-21-11-9-17(10-12-21)26(32)24-25(18-5-4-6-20(15-18)31(35)36)30(28(34)27(24)33)14-13-19-16-29-23-8-3-2-7-22(19)23/h2-12,15-16,25,29,32H,13-14H2,1H3/t25-/m0/s1. The molecular formula is C28H23N3O6. The van der Waals surface area contributed by atoms with Crippen LogP contribution in [0.15, 0.2) is 84.6 Å². The molecule has 1 aliphatic heterocycles. The van der Waals surface area contributed by atoms with Gasteiger partial charge in [-0.1, -0.05) is 30.3 Å². The number of nitro benzene ring substituents is 1. The van der Waals surface area contributed by atoms with Crippen LogP contribution < -0.4 is 4.74 Å². The van der Waals surface area contributed by atoms with Crippen LogP contribution in [0.3, 0.4) is 0 Å². The highest BCUT2D eigenvalue weighted by Crippen LogP contribution is 2.40. The number of hydrogen-bond acceptors (Lipinski definition) is 6. The summed E-state index contributed by atoms with van der Waals surface area (Å²) in [6, 6.07) is 19.0. The molecular weight excluding hydrogens is 474 g/mol. The smallest absolute Gasteiger partial charge is 0.295 e. The molecule has 1 aliphatic rings. The van der Waals surface area contributed by atoms with Gasteiger partial charge in [0.1, 0.15) is 11.5 Å². The number of amides is 1. The predicted molar refractivity (Wildman–Crippen MR) is 137 cm³/mol. The molecule has 9 heteroatoms. The van der Waals surface area contributed by atoms with E-state index in [2.05, 4.69) is 4.98 Å². The quantitative estimate of drug-likeness (QED) is 0.125. The highest BCUT2D eigenvalue weighted by Gasteiger charge is 2.46. The second-order valence-electron chi connectivity index (χ2n) is 8.68. The first kappa shape index (κ1) is 23.8. The van der Waals surface area contributed by atoms with E-state index in [-0.39, 0.29) is 23.6 Å². The third kappa shape index (κ3) is 4.31. The summed E-state index contributed by atoms with van der Waals surface area (Å²) in [6.07, 6.45) is 2.30. The number of fused-ring (bicyclic) bond motifs is 1. The van der Waals surface area contributed by atoms with Crippen LogP contribution >= 0.6 is 0 Å². The Morgan fingerprint density at radius 2 is 1.84 bits per heavy atom. The molecule has 2 heterocycles. The first-order valence-corrected chi connectivity index (χ1v) is 11.6. The van der Waals surface area contributed by atoms with E-state index in [4.69, 9.17) is 4.74 Å². The number of aromatic nitrogens is 1. The summed E-state index contributed by atoms with van der Waals surface area (Å²) in [4.78, 5) is 42.0.